The lowest BCUT2D eigenvalue weighted by Gasteiger charge is -2.31. The zero-order valence-electron chi connectivity index (χ0n) is 16.3. The molecule has 30 heavy (non-hydrogen) atoms. The fourth-order valence-electron chi connectivity index (χ4n) is 4.03. The van der Waals surface area contributed by atoms with Crippen molar-refractivity contribution in [3.05, 3.63) is 77.4 Å². The second-order valence-corrected chi connectivity index (χ2v) is 7.57. The molecule has 0 saturated carbocycles. The normalized spacial score (nSPS) is 17.0. The summed E-state index contributed by atoms with van der Waals surface area (Å²) in [6.07, 6.45) is 3.06. The molecule has 1 saturated heterocycles. The number of piperidine rings is 1. The van der Waals surface area contributed by atoms with E-state index in [1.54, 1.807) is 12.1 Å². The number of nitrogens with one attached hydrogen (secondary N) is 1. The first-order valence-corrected chi connectivity index (χ1v) is 9.90. The number of H-pyrrole nitrogens is 1. The summed E-state index contributed by atoms with van der Waals surface area (Å²) in [6, 6.07) is 13.9. The number of aromatic nitrogens is 2. The molecule has 2 heterocycles. The number of likely N-dealkylation sites (tertiary alicyclic amines) is 1. The van der Waals surface area contributed by atoms with Gasteiger partial charge in [-0.05, 0) is 31.0 Å². The van der Waals surface area contributed by atoms with Crippen molar-refractivity contribution in [2.24, 2.45) is 5.92 Å². The molecule has 1 aromatic heterocycles. The van der Waals surface area contributed by atoms with Crippen LogP contribution in [0, 0.1) is 11.7 Å². The van der Waals surface area contributed by atoms with Gasteiger partial charge in [0.1, 0.15) is 11.5 Å². The largest absolute Gasteiger partial charge is 0.477 e. The van der Waals surface area contributed by atoms with Crippen molar-refractivity contribution in [1.82, 2.24) is 15.1 Å². The van der Waals surface area contributed by atoms with E-state index in [0.717, 1.165) is 24.9 Å². The molecular formula is C23H22FN3O3. The molecular weight excluding hydrogens is 385 g/mol. The Bertz CT molecular complexity index is 1060. The Hall–Kier alpha value is -3.32. The van der Waals surface area contributed by atoms with E-state index in [1.165, 1.54) is 12.3 Å². The molecule has 0 amide bonds. The number of aromatic amines is 1. The van der Waals surface area contributed by atoms with Gasteiger partial charge in [0.25, 0.3) is 0 Å². The number of hydrogen-bond donors (Lipinski definition) is 2. The van der Waals surface area contributed by atoms with Gasteiger partial charge in [0, 0.05) is 35.7 Å². The van der Waals surface area contributed by atoms with Crippen LogP contribution in [0.2, 0.25) is 0 Å². The maximum Gasteiger partial charge on any atom is 0.354 e. The van der Waals surface area contributed by atoms with Crippen LogP contribution in [-0.2, 0) is 6.54 Å². The summed E-state index contributed by atoms with van der Waals surface area (Å²) in [5, 5.41) is 15.5. The van der Waals surface area contributed by atoms with Gasteiger partial charge in [-0.2, -0.15) is 5.10 Å². The summed E-state index contributed by atoms with van der Waals surface area (Å²) in [5.41, 5.74) is 2.27. The molecule has 1 unspecified atom stereocenters. The van der Waals surface area contributed by atoms with E-state index in [-0.39, 0.29) is 17.4 Å². The average Bonchev–Trinajstić information content (AvgIpc) is 3.22. The average molecular weight is 407 g/mol. The van der Waals surface area contributed by atoms with Gasteiger partial charge in [-0.3, -0.25) is 14.8 Å². The maximum absolute atomic E-state index is 14.7. The fourth-order valence-corrected chi connectivity index (χ4v) is 4.03. The summed E-state index contributed by atoms with van der Waals surface area (Å²) < 4.78 is 14.7. The van der Waals surface area contributed by atoms with Crippen molar-refractivity contribution >= 4 is 11.8 Å². The summed E-state index contributed by atoms with van der Waals surface area (Å²) in [5.74, 6) is -1.80. The smallest absolute Gasteiger partial charge is 0.354 e. The Balaban J connectivity index is 1.47. The minimum absolute atomic E-state index is 0.0713. The highest BCUT2D eigenvalue weighted by molar-refractivity contribution is 5.98. The summed E-state index contributed by atoms with van der Waals surface area (Å²) in [6.45, 7) is 1.68. The van der Waals surface area contributed by atoms with Crippen molar-refractivity contribution < 1.29 is 19.1 Å². The number of rotatable bonds is 6. The van der Waals surface area contributed by atoms with Gasteiger partial charge in [0.15, 0.2) is 5.78 Å². The zero-order valence-corrected chi connectivity index (χ0v) is 16.3. The lowest BCUT2D eigenvalue weighted by molar-refractivity contribution is 0.0683. The van der Waals surface area contributed by atoms with Gasteiger partial charge in [-0.25, -0.2) is 9.18 Å². The summed E-state index contributed by atoms with van der Waals surface area (Å²) in [7, 11) is 0. The Morgan fingerprint density at radius 3 is 2.73 bits per heavy atom. The molecule has 0 radical (unpaired) electrons. The van der Waals surface area contributed by atoms with Crippen LogP contribution in [0.3, 0.4) is 0 Å². The molecule has 2 N–H and O–H groups in total. The third-order valence-electron chi connectivity index (χ3n) is 5.54. The Morgan fingerprint density at radius 2 is 2.00 bits per heavy atom. The van der Waals surface area contributed by atoms with Crippen LogP contribution in [0.25, 0.3) is 11.1 Å². The molecule has 6 nitrogen and oxygen atoms in total. The highest BCUT2D eigenvalue weighted by Gasteiger charge is 2.28. The first-order valence-electron chi connectivity index (χ1n) is 9.90. The Kier molecular flexibility index (Phi) is 5.72. The maximum atomic E-state index is 14.7. The molecule has 3 aromatic rings. The van der Waals surface area contributed by atoms with E-state index in [0.29, 0.717) is 29.8 Å². The monoisotopic (exact) mass is 407 g/mol. The number of aromatic carboxylic acids is 1. The molecule has 1 aliphatic rings. The third kappa shape index (κ3) is 4.16. The van der Waals surface area contributed by atoms with E-state index in [4.69, 9.17) is 0 Å². The van der Waals surface area contributed by atoms with Crippen molar-refractivity contribution in [3.63, 3.8) is 0 Å². The predicted octanol–water partition coefficient (Wildman–Crippen LogP) is 4.01. The highest BCUT2D eigenvalue weighted by atomic mass is 19.1. The van der Waals surface area contributed by atoms with Crippen LogP contribution < -0.4 is 0 Å². The number of carbonyl (C=O) groups excluding carboxylic acids is 1. The molecule has 1 atom stereocenters. The number of benzene rings is 2. The SMILES string of the molecule is O=C(O)c1[nH]ncc1CN1CCCC(C(=O)c2ccc(-c3ccccc3)c(F)c2)C1. The molecule has 1 fully saturated rings. The van der Waals surface area contributed by atoms with E-state index in [1.807, 2.05) is 30.3 Å². The van der Waals surface area contributed by atoms with Gasteiger partial charge in [0.2, 0.25) is 0 Å². The fraction of sp³-hybridized carbons (Fsp3) is 0.261. The van der Waals surface area contributed by atoms with Gasteiger partial charge in [0.05, 0.1) is 6.20 Å². The lowest BCUT2D eigenvalue weighted by Crippen LogP contribution is -2.38. The molecule has 2 aromatic carbocycles. The quantitative estimate of drug-likeness (QED) is 0.603. The van der Waals surface area contributed by atoms with Gasteiger partial charge < -0.3 is 5.11 Å². The van der Waals surface area contributed by atoms with E-state index in [2.05, 4.69) is 15.1 Å². The molecule has 0 aliphatic carbocycles. The lowest BCUT2D eigenvalue weighted by atomic mass is 9.89. The number of ketones is 1. The standard InChI is InChI=1S/C23H22FN3O3/c24-20-11-16(8-9-19(20)15-5-2-1-3-6-15)22(28)17-7-4-10-27(13-17)14-18-12-25-26-21(18)23(29)30/h1-3,5-6,8-9,11-12,17H,4,7,10,13-14H2,(H,25,26)(H,29,30). The number of carboxylic acids is 1. The molecule has 0 bridgehead atoms. The second-order valence-electron chi connectivity index (χ2n) is 7.57. The van der Waals surface area contributed by atoms with Crippen molar-refractivity contribution in [3.8, 4) is 11.1 Å². The van der Waals surface area contributed by atoms with Crippen LogP contribution in [-0.4, -0.2) is 45.0 Å². The van der Waals surface area contributed by atoms with Crippen LogP contribution in [0.1, 0.15) is 39.3 Å². The third-order valence-corrected chi connectivity index (χ3v) is 5.54. The number of Topliss-reactive ketones (excluding diaryl/α,β-unsaturated/α-hetero) is 1. The minimum atomic E-state index is -1.05. The number of halogens is 1. The molecule has 1 aliphatic heterocycles. The van der Waals surface area contributed by atoms with Crippen LogP contribution >= 0.6 is 0 Å². The van der Waals surface area contributed by atoms with Gasteiger partial charge >= 0.3 is 5.97 Å². The minimum Gasteiger partial charge on any atom is -0.477 e. The number of nitrogens with zero attached hydrogens (tertiary/aromatic N) is 2. The zero-order chi connectivity index (χ0) is 21.1. The predicted molar refractivity (Wildman–Crippen MR) is 110 cm³/mol. The van der Waals surface area contributed by atoms with E-state index < -0.39 is 11.8 Å². The first kappa shape index (κ1) is 20.0. The van der Waals surface area contributed by atoms with Crippen LogP contribution in [0.5, 0.6) is 0 Å². The van der Waals surface area contributed by atoms with Gasteiger partial charge in [-0.1, -0.05) is 42.5 Å². The topological polar surface area (TPSA) is 86.3 Å². The number of hydrogen-bond acceptors (Lipinski definition) is 4. The highest BCUT2D eigenvalue weighted by Crippen LogP contribution is 2.27. The number of carbonyl (C=O) groups is 2. The van der Waals surface area contributed by atoms with Crippen molar-refractivity contribution in [2.75, 3.05) is 13.1 Å². The molecule has 7 heteroatoms. The molecule has 0 spiro atoms. The second kappa shape index (κ2) is 8.59. The van der Waals surface area contributed by atoms with Crippen LogP contribution in [0.15, 0.2) is 54.7 Å². The summed E-state index contributed by atoms with van der Waals surface area (Å²) in [4.78, 5) is 26.3. The van der Waals surface area contributed by atoms with E-state index in [9.17, 15) is 19.1 Å². The molecule has 4 rings (SSSR count). The van der Waals surface area contributed by atoms with Crippen molar-refractivity contribution in [2.45, 2.75) is 19.4 Å². The first-order chi connectivity index (χ1) is 14.5. The Labute approximate surface area is 173 Å². The molecule has 154 valence electrons. The van der Waals surface area contributed by atoms with Crippen LogP contribution in [0.4, 0.5) is 4.39 Å². The summed E-state index contributed by atoms with van der Waals surface area (Å²) >= 11 is 0. The number of carboxylic acid groups (broad SMARTS) is 1. The van der Waals surface area contributed by atoms with E-state index >= 15 is 0 Å². The van der Waals surface area contributed by atoms with Gasteiger partial charge in [-0.15, -0.1) is 0 Å². The van der Waals surface area contributed by atoms with Crippen molar-refractivity contribution in [1.29, 1.82) is 0 Å². The Morgan fingerprint density at radius 1 is 1.20 bits per heavy atom.